The van der Waals surface area contributed by atoms with Crippen molar-refractivity contribution in [3.05, 3.63) is 0 Å². The molecular formula is C15H32N2. The van der Waals surface area contributed by atoms with Crippen LogP contribution in [0.1, 0.15) is 53.9 Å². The summed E-state index contributed by atoms with van der Waals surface area (Å²) in [6, 6.07) is 0. The first-order chi connectivity index (χ1) is 7.87. The standard InChI is InChI=1S/C15H32N2/c1-13(2)8-10-17-9-6-7-14(12-17)11-16-15(3,4)5/h13-14,16H,6-12H2,1-5H3. The largest absolute Gasteiger partial charge is 0.312 e. The van der Waals surface area contributed by atoms with Crippen molar-refractivity contribution in [3.8, 4) is 0 Å². The molecule has 1 rings (SSSR count). The number of nitrogens with one attached hydrogen (secondary N) is 1. The first-order valence-electron chi connectivity index (χ1n) is 7.34. The van der Waals surface area contributed by atoms with Crippen LogP contribution in [-0.4, -0.2) is 36.6 Å². The zero-order chi connectivity index (χ0) is 12.9. The lowest BCUT2D eigenvalue weighted by Crippen LogP contribution is -2.44. The van der Waals surface area contributed by atoms with Gasteiger partial charge < -0.3 is 10.2 Å². The Morgan fingerprint density at radius 3 is 2.59 bits per heavy atom. The van der Waals surface area contributed by atoms with E-state index in [1.54, 1.807) is 0 Å². The molecule has 1 N–H and O–H groups in total. The SMILES string of the molecule is CC(C)CCN1CCCC(CNC(C)(C)C)C1. The fourth-order valence-electron chi connectivity index (χ4n) is 2.41. The second kappa shape index (κ2) is 6.75. The number of hydrogen-bond acceptors (Lipinski definition) is 2. The molecule has 1 unspecified atom stereocenters. The predicted molar refractivity (Wildman–Crippen MR) is 76.4 cm³/mol. The minimum absolute atomic E-state index is 0.264. The van der Waals surface area contributed by atoms with Gasteiger partial charge in [0.25, 0.3) is 0 Å². The summed E-state index contributed by atoms with van der Waals surface area (Å²) < 4.78 is 0. The van der Waals surface area contributed by atoms with E-state index in [9.17, 15) is 0 Å². The molecule has 1 fully saturated rings. The van der Waals surface area contributed by atoms with Crippen LogP contribution < -0.4 is 5.32 Å². The van der Waals surface area contributed by atoms with Gasteiger partial charge in [-0.3, -0.25) is 0 Å². The lowest BCUT2D eigenvalue weighted by Gasteiger charge is -2.34. The van der Waals surface area contributed by atoms with E-state index in [4.69, 9.17) is 0 Å². The molecule has 1 atom stereocenters. The summed E-state index contributed by atoms with van der Waals surface area (Å²) in [5, 5.41) is 3.65. The molecule has 1 aliphatic rings. The van der Waals surface area contributed by atoms with Crippen LogP contribution in [0.3, 0.4) is 0 Å². The minimum atomic E-state index is 0.264. The van der Waals surface area contributed by atoms with Gasteiger partial charge in [-0.1, -0.05) is 13.8 Å². The average Bonchev–Trinajstić information content (AvgIpc) is 2.23. The molecule has 102 valence electrons. The van der Waals surface area contributed by atoms with E-state index in [0.29, 0.717) is 0 Å². The van der Waals surface area contributed by atoms with Crippen LogP contribution >= 0.6 is 0 Å². The smallest absolute Gasteiger partial charge is 0.00966 e. The average molecular weight is 240 g/mol. The number of nitrogens with zero attached hydrogens (tertiary/aromatic N) is 1. The van der Waals surface area contributed by atoms with Crippen LogP contribution in [-0.2, 0) is 0 Å². The van der Waals surface area contributed by atoms with Crippen LogP contribution in [0.15, 0.2) is 0 Å². The van der Waals surface area contributed by atoms with Gasteiger partial charge in [0.05, 0.1) is 0 Å². The summed E-state index contributed by atoms with van der Waals surface area (Å²) in [7, 11) is 0. The van der Waals surface area contributed by atoms with E-state index >= 15 is 0 Å². The number of hydrogen-bond donors (Lipinski definition) is 1. The maximum absolute atomic E-state index is 3.65. The van der Waals surface area contributed by atoms with Crippen molar-refractivity contribution in [2.45, 2.75) is 59.4 Å². The second-order valence-corrected chi connectivity index (χ2v) is 7.12. The molecule has 0 radical (unpaired) electrons. The molecule has 1 aliphatic heterocycles. The quantitative estimate of drug-likeness (QED) is 0.794. The van der Waals surface area contributed by atoms with Crippen LogP contribution in [0.2, 0.25) is 0 Å². The normalized spacial score (nSPS) is 23.3. The summed E-state index contributed by atoms with van der Waals surface area (Å²) in [6.45, 7) is 16.5. The molecule has 17 heavy (non-hydrogen) atoms. The van der Waals surface area contributed by atoms with Gasteiger partial charge in [-0.15, -0.1) is 0 Å². The summed E-state index contributed by atoms with van der Waals surface area (Å²) >= 11 is 0. The highest BCUT2D eigenvalue weighted by atomic mass is 15.1. The Balaban J connectivity index is 2.24. The molecule has 0 aliphatic carbocycles. The van der Waals surface area contributed by atoms with Crippen molar-refractivity contribution in [1.29, 1.82) is 0 Å². The van der Waals surface area contributed by atoms with Crippen LogP contribution in [0.5, 0.6) is 0 Å². The molecule has 0 aromatic carbocycles. The topological polar surface area (TPSA) is 15.3 Å². The molecular weight excluding hydrogens is 208 g/mol. The van der Waals surface area contributed by atoms with Crippen molar-refractivity contribution in [2.24, 2.45) is 11.8 Å². The molecule has 2 nitrogen and oxygen atoms in total. The third kappa shape index (κ3) is 7.05. The fourth-order valence-corrected chi connectivity index (χ4v) is 2.41. The first kappa shape index (κ1) is 15.0. The third-order valence-corrected chi connectivity index (χ3v) is 3.55. The molecule has 1 heterocycles. The van der Waals surface area contributed by atoms with Crippen molar-refractivity contribution in [2.75, 3.05) is 26.2 Å². The van der Waals surface area contributed by atoms with Gasteiger partial charge >= 0.3 is 0 Å². The highest BCUT2D eigenvalue weighted by molar-refractivity contribution is 4.78. The Morgan fingerprint density at radius 1 is 1.29 bits per heavy atom. The number of rotatable bonds is 5. The van der Waals surface area contributed by atoms with Gasteiger partial charge in [0.15, 0.2) is 0 Å². The first-order valence-corrected chi connectivity index (χ1v) is 7.34. The lowest BCUT2D eigenvalue weighted by atomic mass is 9.96. The molecule has 0 amide bonds. The second-order valence-electron chi connectivity index (χ2n) is 7.12. The lowest BCUT2D eigenvalue weighted by molar-refractivity contribution is 0.160. The summed E-state index contributed by atoms with van der Waals surface area (Å²) in [6.07, 6.45) is 4.13. The third-order valence-electron chi connectivity index (χ3n) is 3.55. The van der Waals surface area contributed by atoms with Gasteiger partial charge in [-0.2, -0.15) is 0 Å². The van der Waals surface area contributed by atoms with Crippen LogP contribution in [0.25, 0.3) is 0 Å². The van der Waals surface area contributed by atoms with Crippen molar-refractivity contribution >= 4 is 0 Å². The minimum Gasteiger partial charge on any atom is -0.312 e. The highest BCUT2D eigenvalue weighted by Crippen LogP contribution is 2.17. The Kier molecular flexibility index (Phi) is 5.94. The fraction of sp³-hybridized carbons (Fsp3) is 1.00. The van der Waals surface area contributed by atoms with E-state index in [2.05, 4.69) is 44.8 Å². The summed E-state index contributed by atoms with van der Waals surface area (Å²) in [4.78, 5) is 2.67. The van der Waals surface area contributed by atoms with Crippen LogP contribution in [0, 0.1) is 11.8 Å². The highest BCUT2D eigenvalue weighted by Gasteiger charge is 2.21. The Labute approximate surface area is 108 Å². The molecule has 0 spiro atoms. The summed E-state index contributed by atoms with van der Waals surface area (Å²) in [5.74, 6) is 1.69. The molecule has 0 bridgehead atoms. The van der Waals surface area contributed by atoms with Crippen molar-refractivity contribution < 1.29 is 0 Å². The van der Waals surface area contributed by atoms with Crippen molar-refractivity contribution in [1.82, 2.24) is 10.2 Å². The van der Waals surface area contributed by atoms with E-state index in [-0.39, 0.29) is 5.54 Å². The zero-order valence-corrected chi connectivity index (χ0v) is 12.6. The number of likely N-dealkylation sites (tertiary alicyclic amines) is 1. The van der Waals surface area contributed by atoms with Gasteiger partial charge in [0.1, 0.15) is 0 Å². The molecule has 1 saturated heterocycles. The van der Waals surface area contributed by atoms with E-state index in [0.717, 1.165) is 11.8 Å². The van der Waals surface area contributed by atoms with E-state index in [1.165, 1.54) is 45.4 Å². The Bertz CT molecular complexity index is 205. The zero-order valence-electron chi connectivity index (χ0n) is 12.6. The van der Waals surface area contributed by atoms with E-state index < -0.39 is 0 Å². The molecule has 0 saturated carbocycles. The van der Waals surface area contributed by atoms with Gasteiger partial charge in [0, 0.05) is 12.1 Å². The Hall–Kier alpha value is -0.0800. The maximum Gasteiger partial charge on any atom is 0.00966 e. The summed E-state index contributed by atoms with van der Waals surface area (Å²) in [5.41, 5.74) is 0.264. The van der Waals surface area contributed by atoms with Gasteiger partial charge in [-0.25, -0.2) is 0 Å². The van der Waals surface area contributed by atoms with Gasteiger partial charge in [0.2, 0.25) is 0 Å². The number of piperidine rings is 1. The van der Waals surface area contributed by atoms with Gasteiger partial charge in [-0.05, 0) is 71.5 Å². The molecule has 0 aromatic heterocycles. The van der Waals surface area contributed by atoms with Crippen LogP contribution in [0.4, 0.5) is 0 Å². The molecule has 0 aromatic rings. The molecule has 2 heteroatoms. The monoisotopic (exact) mass is 240 g/mol. The maximum atomic E-state index is 3.65. The van der Waals surface area contributed by atoms with E-state index in [1.807, 2.05) is 0 Å². The van der Waals surface area contributed by atoms with Crippen molar-refractivity contribution in [3.63, 3.8) is 0 Å². The predicted octanol–water partition coefficient (Wildman–Crippen LogP) is 3.13. The Morgan fingerprint density at radius 2 is 2.00 bits per heavy atom.